The first-order chi connectivity index (χ1) is 5.25. The second-order valence-corrected chi connectivity index (χ2v) is 4.64. The molecule has 1 aromatic heterocycles. The maximum atomic E-state index is 5.90. The summed E-state index contributed by atoms with van der Waals surface area (Å²) in [4.78, 5) is 0. The fraction of sp³-hybridized carbons (Fsp3) is 0.429. The minimum atomic E-state index is 0.0868. The van der Waals surface area contributed by atoms with Crippen LogP contribution in [0.1, 0.15) is 11.6 Å². The van der Waals surface area contributed by atoms with E-state index in [1.807, 2.05) is 17.7 Å². The highest BCUT2D eigenvalue weighted by Gasteiger charge is 2.09. The molecule has 2 N–H and O–H groups in total. The third-order valence-corrected chi connectivity index (χ3v) is 3.28. The molecule has 0 saturated heterocycles. The highest BCUT2D eigenvalue weighted by molar-refractivity contribution is 7.98. The van der Waals surface area contributed by atoms with Gasteiger partial charge in [-0.3, -0.25) is 0 Å². The van der Waals surface area contributed by atoms with Crippen LogP contribution in [0.5, 0.6) is 0 Å². The molecule has 4 heteroatoms. The summed E-state index contributed by atoms with van der Waals surface area (Å²) in [5.41, 5.74) is 6.93. The molecule has 1 rings (SSSR count). The number of halogens is 1. The maximum Gasteiger partial charge on any atom is 0.0976 e. The van der Waals surface area contributed by atoms with Gasteiger partial charge in [0, 0.05) is 11.8 Å². The predicted molar refractivity (Wildman–Crippen MR) is 54.6 cm³/mol. The molecule has 0 amide bonds. The molecular formula is C7H10ClNS2. The van der Waals surface area contributed by atoms with Crippen LogP contribution in [0.25, 0.3) is 0 Å². The van der Waals surface area contributed by atoms with E-state index in [0.717, 1.165) is 15.7 Å². The standard InChI is InChI=1S/C7H10ClNS2/c1-10-4-6(9)5-2-3-11-7(5)8/h2-3,6H,4,9H2,1H3. The Morgan fingerprint density at radius 2 is 2.55 bits per heavy atom. The van der Waals surface area contributed by atoms with Crippen LogP contribution >= 0.6 is 34.7 Å². The zero-order valence-electron chi connectivity index (χ0n) is 6.21. The zero-order chi connectivity index (χ0) is 8.27. The molecule has 1 nitrogen and oxygen atoms in total. The topological polar surface area (TPSA) is 26.0 Å². The van der Waals surface area contributed by atoms with Crippen molar-refractivity contribution in [3.63, 3.8) is 0 Å². The number of thioether (sulfide) groups is 1. The van der Waals surface area contributed by atoms with E-state index in [0.29, 0.717) is 0 Å². The molecule has 11 heavy (non-hydrogen) atoms. The smallest absolute Gasteiger partial charge is 0.0976 e. The molecule has 1 atom stereocenters. The van der Waals surface area contributed by atoms with Crippen LogP contribution < -0.4 is 5.73 Å². The van der Waals surface area contributed by atoms with Crippen molar-refractivity contribution in [1.82, 2.24) is 0 Å². The first-order valence-electron chi connectivity index (χ1n) is 3.23. The zero-order valence-corrected chi connectivity index (χ0v) is 8.60. The second-order valence-electron chi connectivity index (χ2n) is 2.21. The Labute approximate surface area is 79.9 Å². The van der Waals surface area contributed by atoms with Crippen molar-refractivity contribution < 1.29 is 0 Å². The van der Waals surface area contributed by atoms with Crippen molar-refractivity contribution in [2.24, 2.45) is 5.73 Å². The number of rotatable bonds is 3. The quantitative estimate of drug-likeness (QED) is 0.825. The lowest BCUT2D eigenvalue weighted by Gasteiger charge is -2.07. The molecule has 1 aromatic rings. The molecule has 0 radical (unpaired) electrons. The van der Waals surface area contributed by atoms with Crippen LogP contribution in [0.2, 0.25) is 4.34 Å². The molecule has 62 valence electrons. The van der Waals surface area contributed by atoms with Gasteiger partial charge in [0.05, 0.1) is 4.34 Å². The van der Waals surface area contributed by atoms with Crippen LogP contribution in [0, 0.1) is 0 Å². The highest BCUT2D eigenvalue weighted by atomic mass is 35.5. The van der Waals surface area contributed by atoms with Crippen LogP contribution in [0.4, 0.5) is 0 Å². The van der Waals surface area contributed by atoms with E-state index in [1.54, 1.807) is 11.8 Å². The molecular weight excluding hydrogens is 198 g/mol. The first kappa shape index (κ1) is 9.39. The third-order valence-electron chi connectivity index (χ3n) is 1.39. The molecule has 0 aromatic carbocycles. The third kappa shape index (κ3) is 2.37. The molecule has 0 spiro atoms. The van der Waals surface area contributed by atoms with Crippen LogP contribution in [-0.4, -0.2) is 12.0 Å². The van der Waals surface area contributed by atoms with Crippen molar-refractivity contribution >= 4 is 34.7 Å². The molecule has 0 aliphatic heterocycles. The van der Waals surface area contributed by atoms with E-state index >= 15 is 0 Å². The SMILES string of the molecule is CSCC(N)c1ccsc1Cl. The van der Waals surface area contributed by atoms with Crippen molar-refractivity contribution in [3.05, 3.63) is 21.3 Å². The summed E-state index contributed by atoms with van der Waals surface area (Å²) in [6.07, 6.45) is 2.04. The fourth-order valence-electron chi connectivity index (χ4n) is 0.839. The normalized spacial score (nSPS) is 13.4. The second kappa shape index (κ2) is 4.36. The van der Waals surface area contributed by atoms with E-state index in [2.05, 4.69) is 0 Å². The molecule has 0 saturated carbocycles. The number of nitrogens with two attached hydrogens (primary N) is 1. The summed E-state index contributed by atoms with van der Waals surface area (Å²) in [6, 6.07) is 2.08. The first-order valence-corrected chi connectivity index (χ1v) is 5.88. The minimum Gasteiger partial charge on any atom is -0.323 e. The van der Waals surface area contributed by atoms with E-state index in [1.165, 1.54) is 11.3 Å². The van der Waals surface area contributed by atoms with E-state index in [4.69, 9.17) is 17.3 Å². The summed E-state index contributed by atoms with van der Waals surface area (Å²) in [5, 5.41) is 1.97. The summed E-state index contributed by atoms with van der Waals surface area (Å²) in [5.74, 6) is 0.927. The van der Waals surface area contributed by atoms with Gasteiger partial charge >= 0.3 is 0 Å². The monoisotopic (exact) mass is 207 g/mol. The number of hydrogen-bond acceptors (Lipinski definition) is 3. The summed E-state index contributed by atoms with van der Waals surface area (Å²) in [6.45, 7) is 0. The van der Waals surface area contributed by atoms with Crippen molar-refractivity contribution in [3.8, 4) is 0 Å². The Morgan fingerprint density at radius 3 is 3.00 bits per heavy atom. The maximum absolute atomic E-state index is 5.90. The molecule has 0 fully saturated rings. The molecule has 0 aliphatic rings. The van der Waals surface area contributed by atoms with Crippen molar-refractivity contribution in [2.45, 2.75) is 6.04 Å². The average Bonchev–Trinajstić information content (AvgIpc) is 2.36. The molecule has 0 bridgehead atoms. The summed E-state index contributed by atoms with van der Waals surface area (Å²) < 4.78 is 0.826. The van der Waals surface area contributed by atoms with E-state index < -0.39 is 0 Å². The Kier molecular flexibility index (Phi) is 3.72. The number of hydrogen-bond donors (Lipinski definition) is 1. The molecule has 1 heterocycles. The Bertz CT molecular complexity index is 224. The van der Waals surface area contributed by atoms with Gasteiger partial charge in [0.15, 0.2) is 0 Å². The van der Waals surface area contributed by atoms with Gasteiger partial charge < -0.3 is 5.73 Å². The van der Waals surface area contributed by atoms with Gasteiger partial charge in [-0.25, -0.2) is 0 Å². The average molecular weight is 208 g/mol. The van der Waals surface area contributed by atoms with Gasteiger partial charge in [-0.2, -0.15) is 11.8 Å². The summed E-state index contributed by atoms with van der Waals surface area (Å²) >= 11 is 9.17. The Balaban J connectivity index is 2.67. The van der Waals surface area contributed by atoms with Gasteiger partial charge in [-0.15, -0.1) is 11.3 Å². The van der Waals surface area contributed by atoms with Gasteiger partial charge in [0.2, 0.25) is 0 Å². The van der Waals surface area contributed by atoms with E-state index in [9.17, 15) is 0 Å². The lowest BCUT2D eigenvalue weighted by molar-refractivity contribution is 0.837. The minimum absolute atomic E-state index is 0.0868. The number of thiophene rings is 1. The summed E-state index contributed by atoms with van der Waals surface area (Å²) in [7, 11) is 0. The van der Waals surface area contributed by atoms with Crippen LogP contribution in [0.3, 0.4) is 0 Å². The Morgan fingerprint density at radius 1 is 1.82 bits per heavy atom. The van der Waals surface area contributed by atoms with Gasteiger partial charge in [0.1, 0.15) is 0 Å². The van der Waals surface area contributed by atoms with E-state index in [-0.39, 0.29) is 6.04 Å². The fourth-order valence-corrected chi connectivity index (χ4v) is 2.43. The highest BCUT2D eigenvalue weighted by Crippen LogP contribution is 2.28. The van der Waals surface area contributed by atoms with Crippen molar-refractivity contribution in [1.29, 1.82) is 0 Å². The predicted octanol–water partition coefficient (Wildman–Crippen LogP) is 2.76. The largest absolute Gasteiger partial charge is 0.323 e. The van der Waals surface area contributed by atoms with Gasteiger partial charge in [-0.05, 0) is 23.3 Å². The molecule has 0 aliphatic carbocycles. The van der Waals surface area contributed by atoms with Gasteiger partial charge in [-0.1, -0.05) is 11.6 Å². The van der Waals surface area contributed by atoms with Crippen LogP contribution in [-0.2, 0) is 0 Å². The lowest BCUT2D eigenvalue weighted by atomic mass is 10.2. The molecule has 1 unspecified atom stereocenters. The van der Waals surface area contributed by atoms with Gasteiger partial charge in [0.25, 0.3) is 0 Å². The lowest BCUT2D eigenvalue weighted by Crippen LogP contribution is -2.11. The van der Waals surface area contributed by atoms with Crippen LogP contribution in [0.15, 0.2) is 11.4 Å². The van der Waals surface area contributed by atoms with Crippen molar-refractivity contribution in [2.75, 3.05) is 12.0 Å². The Hall–Kier alpha value is 0.300.